The van der Waals surface area contributed by atoms with Crippen molar-refractivity contribution in [2.75, 3.05) is 6.61 Å². The van der Waals surface area contributed by atoms with Crippen LogP contribution in [0.15, 0.2) is 91.0 Å². The van der Waals surface area contributed by atoms with Gasteiger partial charge in [-0.15, -0.1) is 0 Å². The summed E-state index contributed by atoms with van der Waals surface area (Å²) in [6.45, 7) is 5.17. The number of benzene rings is 3. The summed E-state index contributed by atoms with van der Waals surface area (Å²) in [5, 5.41) is 21.4. The van der Waals surface area contributed by atoms with E-state index >= 15 is 0 Å². The second-order valence-electron chi connectivity index (χ2n) is 8.96. The molecule has 2 N–H and O–H groups in total. The number of ether oxygens (including phenoxy) is 3. The zero-order chi connectivity index (χ0) is 23.5. The monoisotopic (exact) mass is 448 g/mol. The Morgan fingerprint density at radius 1 is 0.758 bits per heavy atom. The summed E-state index contributed by atoms with van der Waals surface area (Å²) in [5.74, 6) is -0.900. The molecule has 4 atom stereocenters. The summed E-state index contributed by atoms with van der Waals surface area (Å²) in [7, 11) is 0. The second kappa shape index (κ2) is 9.75. The van der Waals surface area contributed by atoms with Gasteiger partial charge in [-0.05, 0) is 37.5 Å². The SMILES string of the molecule is C[C@H](O)[C@@H]1OC(C)(C)O[C@@H]1[C@H](O)COC(c1ccccc1)(c1ccccc1)c1ccccc1. The van der Waals surface area contributed by atoms with Gasteiger partial charge in [0.1, 0.15) is 23.9 Å². The van der Waals surface area contributed by atoms with Crippen molar-refractivity contribution in [2.24, 2.45) is 0 Å². The second-order valence-corrected chi connectivity index (χ2v) is 8.96. The highest BCUT2D eigenvalue weighted by molar-refractivity contribution is 5.47. The highest BCUT2D eigenvalue weighted by Gasteiger charge is 2.48. The molecule has 33 heavy (non-hydrogen) atoms. The first kappa shape index (κ1) is 23.6. The summed E-state index contributed by atoms with van der Waals surface area (Å²) >= 11 is 0. The Kier molecular flexibility index (Phi) is 6.98. The summed E-state index contributed by atoms with van der Waals surface area (Å²) in [4.78, 5) is 0. The first-order valence-corrected chi connectivity index (χ1v) is 11.4. The topological polar surface area (TPSA) is 68.2 Å². The molecule has 0 radical (unpaired) electrons. The third kappa shape index (κ3) is 4.88. The van der Waals surface area contributed by atoms with Crippen molar-refractivity contribution in [1.82, 2.24) is 0 Å². The van der Waals surface area contributed by atoms with Gasteiger partial charge in [0.05, 0.1) is 12.7 Å². The van der Waals surface area contributed by atoms with Crippen molar-refractivity contribution in [1.29, 1.82) is 0 Å². The maximum Gasteiger partial charge on any atom is 0.164 e. The van der Waals surface area contributed by atoms with E-state index in [1.165, 1.54) is 0 Å². The Morgan fingerprint density at radius 2 is 1.15 bits per heavy atom. The molecule has 5 nitrogen and oxygen atoms in total. The summed E-state index contributed by atoms with van der Waals surface area (Å²) in [5.41, 5.74) is 1.90. The molecule has 3 aromatic carbocycles. The highest BCUT2D eigenvalue weighted by Crippen LogP contribution is 2.41. The van der Waals surface area contributed by atoms with Crippen molar-refractivity contribution < 1.29 is 24.4 Å². The number of hydrogen-bond acceptors (Lipinski definition) is 5. The van der Waals surface area contributed by atoms with Crippen molar-refractivity contribution in [2.45, 2.75) is 56.6 Å². The molecular formula is C28H32O5. The lowest BCUT2D eigenvalue weighted by molar-refractivity contribution is -0.164. The smallest absolute Gasteiger partial charge is 0.164 e. The van der Waals surface area contributed by atoms with Gasteiger partial charge in [0.15, 0.2) is 5.79 Å². The average molecular weight is 449 g/mol. The fourth-order valence-electron chi connectivity index (χ4n) is 4.56. The lowest BCUT2D eigenvalue weighted by Crippen LogP contribution is -2.45. The van der Waals surface area contributed by atoms with Gasteiger partial charge in [0.25, 0.3) is 0 Å². The fourth-order valence-corrected chi connectivity index (χ4v) is 4.56. The quantitative estimate of drug-likeness (QED) is 0.504. The molecule has 0 bridgehead atoms. The van der Waals surface area contributed by atoms with Gasteiger partial charge in [-0.2, -0.15) is 0 Å². The Labute approximate surface area is 195 Å². The van der Waals surface area contributed by atoms with E-state index in [1.807, 2.05) is 91.0 Å². The van der Waals surface area contributed by atoms with E-state index in [2.05, 4.69) is 0 Å². The van der Waals surface area contributed by atoms with Crippen LogP contribution in [-0.4, -0.2) is 47.0 Å². The van der Waals surface area contributed by atoms with E-state index in [9.17, 15) is 10.2 Å². The minimum absolute atomic E-state index is 0.0218. The van der Waals surface area contributed by atoms with Crippen LogP contribution in [0.2, 0.25) is 0 Å². The highest BCUT2D eigenvalue weighted by atomic mass is 16.8. The predicted molar refractivity (Wildman–Crippen MR) is 127 cm³/mol. The number of aliphatic hydroxyl groups excluding tert-OH is 2. The number of hydrogen-bond donors (Lipinski definition) is 2. The van der Waals surface area contributed by atoms with Gasteiger partial charge in [0, 0.05) is 0 Å². The zero-order valence-electron chi connectivity index (χ0n) is 19.3. The minimum Gasteiger partial charge on any atom is -0.391 e. The lowest BCUT2D eigenvalue weighted by Gasteiger charge is -2.37. The van der Waals surface area contributed by atoms with Crippen LogP contribution in [0.4, 0.5) is 0 Å². The molecule has 4 rings (SSSR count). The zero-order valence-corrected chi connectivity index (χ0v) is 19.3. The van der Waals surface area contributed by atoms with Crippen molar-refractivity contribution in [3.05, 3.63) is 108 Å². The molecule has 0 aliphatic carbocycles. The average Bonchev–Trinajstić information content (AvgIpc) is 3.17. The first-order valence-electron chi connectivity index (χ1n) is 11.4. The Bertz CT molecular complexity index is 908. The lowest BCUT2D eigenvalue weighted by atomic mass is 9.80. The fraction of sp³-hybridized carbons (Fsp3) is 0.357. The summed E-state index contributed by atoms with van der Waals surface area (Å²) < 4.78 is 18.5. The van der Waals surface area contributed by atoms with Gasteiger partial charge in [-0.1, -0.05) is 91.0 Å². The van der Waals surface area contributed by atoms with Gasteiger partial charge in [-0.25, -0.2) is 0 Å². The number of rotatable bonds is 8. The van der Waals surface area contributed by atoms with Crippen LogP contribution in [0.5, 0.6) is 0 Å². The van der Waals surface area contributed by atoms with Crippen LogP contribution < -0.4 is 0 Å². The molecule has 1 heterocycles. The van der Waals surface area contributed by atoms with E-state index in [0.29, 0.717) is 0 Å². The normalized spacial score (nSPS) is 22.1. The Morgan fingerprint density at radius 3 is 1.55 bits per heavy atom. The van der Waals surface area contributed by atoms with Crippen LogP contribution in [0.25, 0.3) is 0 Å². The summed E-state index contributed by atoms with van der Waals surface area (Å²) in [6.07, 6.45) is -3.19. The molecule has 1 saturated heterocycles. The maximum absolute atomic E-state index is 11.2. The predicted octanol–water partition coefficient (Wildman–Crippen LogP) is 4.26. The van der Waals surface area contributed by atoms with Crippen LogP contribution in [0, 0.1) is 0 Å². The third-order valence-electron chi connectivity index (χ3n) is 6.03. The largest absolute Gasteiger partial charge is 0.391 e. The first-order chi connectivity index (χ1) is 15.8. The molecule has 0 amide bonds. The molecule has 174 valence electrons. The maximum atomic E-state index is 11.2. The van der Waals surface area contributed by atoms with E-state index in [4.69, 9.17) is 14.2 Å². The van der Waals surface area contributed by atoms with E-state index in [0.717, 1.165) is 16.7 Å². The molecule has 1 aliphatic rings. The van der Waals surface area contributed by atoms with Gasteiger partial charge >= 0.3 is 0 Å². The molecule has 1 fully saturated rings. The van der Waals surface area contributed by atoms with Gasteiger partial charge in [0.2, 0.25) is 0 Å². The molecule has 1 aliphatic heterocycles. The van der Waals surface area contributed by atoms with Crippen molar-refractivity contribution in [3.8, 4) is 0 Å². The minimum atomic E-state index is -1.01. The molecule has 0 saturated carbocycles. The van der Waals surface area contributed by atoms with Crippen molar-refractivity contribution >= 4 is 0 Å². The van der Waals surface area contributed by atoms with E-state index in [1.54, 1.807) is 20.8 Å². The number of aliphatic hydroxyl groups is 2. The standard InChI is InChI=1S/C28H32O5/c1-20(29)25-26(33-27(2,3)32-25)24(30)19-31-28(21-13-7-4-8-14-21,22-15-9-5-10-16-22)23-17-11-6-12-18-23/h4-18,20,24-26,29-30H,19H2,1-3H3/t20-,24+,25-,26+/m0/s1. The van der Waals surface area contributed by atoms with Crippen LogP contribution in [-0.2, 0) is 19.8 Å². The summed E-state index contributed by atoms with van der Waals surface area (Å²) in [6, 6.07) is 30.0. The van der Waals surface area contributed by atoms with Crippen molar-refractivity contribution in [3.63, 3.8) is 0 Å². The van der Waals surface area contributed by atoms with Crippen LogP contribution >= 0.6 is 0 Å². The third-order valence-corrected chi connectivity index (χ3v) is 6.03. The van der Waals surface area contributed by atoms with E-state index in [-0.39, 0.29) is 6.61 Å². The van der Waals surface area contributed by atoms with Gasteiger partial charge < -0.3 is 24.4 Å². The molecule has 3 aromatic rings. The molecule has 0 unspecified atom stereocenters. The molecule has 5 heteroatoms. The van der Waals surface area contributed by atoms with Gasteiger partial charge in [-0.3, -0.25) is 0 Å². The Hall–Kier alpha value is -2.54. The molecular weight excluding hydrogens is 416 g/mol. The molecule has 0 spiro atoms. The van der Waals surface area contributed by atoms with Crippen LogP contribution in [0.3, 0.4) is 0 Å². The molecule has 0 aromatic heterocycles. The van der Waals surface area contributed by atoms with E-state index < -0.39 is 35.8 Å². The Balaban J connectivity index is 1.73. The van der Waals surface area contributed by atoms with Crippen LogP contribution in [0.1, 0.15) is 37.5 Å².